The van der Waals surface area contributed by atoms with Crippen LogP contribution in [0.4, 0.5) is 0 Å². The summed E-state index contributed by atoms with van der Waals surface area (Å²) >= 11 is 0. The quantitative estimate of drug-likeness (QED) is 0.745. The fraction of sp³-hybridized carbons (Fsp3) is 0.867. The number of nitrogens with one attached hydrogen (secondary N) is 2. The largest absolute Gasteiger partial charge is 0.353 e. The highest BCUT2D eigenvalue weighted by Crippen LogP contribution is 2.34. The maximum Gasteiger partial charge on any atom is 0.241 e. The van der Waals surface area contributed by atoms with Crippen LogP contribution in [0.2, 0.25) is 0 Å². The highest BCUT2D eigenvalue weighted by atomic mass is 16.2. The average molecular weight is 281 g/mol. The van der Waals surface area contributed by atoms with Gasteiger partial charge in [0.25, 0.3) is 0 Å². The minimum Gasteiger partial charge on any atom is -0.353 e. The normalized spacial score (nSPS) is 28.8. The van der Waals surface area contributed by atoms with Crippen LogP contribution in [0, 0.1) is 11.3 Å². The molecule has 0 aromatic rings. The van der Waals surface area contributed by atoms with Crippen molar-refractivity contribution >= 4 is 11.8 Å². The molecule has 0 spiro atoms. The van der Waals surface area contributed by atoms with Gasteiger partial charge < -0.3 is 10.2 Å². The van der Waals surface area contributed by atoms with Crippen molar-refractivity contribution in [3.8, 4) is 0 Å². The van der Waals surface area contributed by atoms with Gasteiger partial charge in [0.2, 0.25) is 11.8 Å². The third-order valence-corrected chi connectivity index (χ3v) is 4.57. The first-order valence-electron chi connectivity index (χ1n) is 7.67. The molecule has 2 saturated heterocycles. The van der Waals surface area contributed by atoms with E-state index in [1.807, 2.05) is 4.90 Å². The van der Waals surface area contributed by atoms with Crippen LogP contribution < -0.4 is 10.6 Å². The van der Waals surface area contributed by atoms with E-state index < -0.39 is 0 Å². The van der Waals surface area contributed by atoms with Gasteiger partial charge in [-0.1, -0.05) is 20.8 Å². The molecule has 2 unspecified atom stereocenters. The number of piperazine rings is 1. The van der Waals surface area contributed by atoms with E-state index in [1.165, 1.54) is 6.42 Å². The van der Waals surface area contributed by atoms with E-state index >= 15 is 0 Å². The van der Waals surface area contributed by atoms with Gasteiger partial charge in [-0.25, -0.2) is 0 Å². The zero-order valence-electron chi connectivity index (χ0n) is 12.9. The van der Waals surface area contributed by atoms with Crippen molar-refractivity contribution in [3.63, 3.8) is 0 Å². The van der Waals surface area contributed by atoms with Crippen LogP contribution in [-0.4, -0.2) is 48.9 Å². The van der Waals surface area contributed by atoms with Crippen LogP contribution in [-0.2, 0) is 9.59 Å². The number of rotatable bonds is 1. The Balaban J connectivity index is 1.90. The summed E-state index contributed by atoms with van der Waals surface area (Å²) in [6, 6.07) is -0.251. The van der Waals surface area contributed by atoms with E-state index in [4.69, 9.17) is 0 Å². The van der Waals surface area contributed by atoms with Gasteiger partial charge in [0.1, 0.15) is 6.04 Å². The summed E-state index contributed by atoms with van der Waals surface area (Å²) in [7, 11) is 0. The molecule has 2 aliphatic heterocycles. The van der Waals surface area contributed by atoms with Crippen molar-refractivity contribution in [1.82, 2.24) is 15.5 Å². The summed E-state index contributed by atoms with van der Waals surface area (Å²) < 4.78 is 0. The number of amides is 2. The Hall–Kier alpha value is -1.10. The maximum atomic E-state index is 12.5. The molecule has 2 amide bonds. The van der Waals surface area contributed by atoms with E-state index in [1.54, 1.807) is 0 Å². The van der Waals surface area contributed by atoms with E-state index in [9.17, 15) is 9.59 Å². The molecule has 5 nitrogen and oxygen atoms in total. The minimum absolute atomic E-state index is 0.0299. The molecular weight excluding hydrogens is 254 g/mol. The first-order valence-corrected chi connectivity index (χ1v) is 7.67. The molecule has 0 aromatic heterocycles. The van der Waals surface area contributed by atoms with Crippen LogP contribution >= 0.6 is 0 Å². The monoisotopic (exact) mass is 281 g/mol. The van der Waals surface area contributed by atoms with E-state index in [0.717, 1.165) is 25.9 Å². The summed E-state index contributed by atoms with van der Waals surface area (Å²) in [6.07, 6.45) is 3.35. The number of carbonyl (C=O) groups excluding carboxylic acids is 2. The second-order valence-electron chi connectivity index (χ2n) is 7.06. The Morgan fingerprint density at radius 3 is 2.60 bits per heavy atom. The number of hydrogen-bond donors (Lipinski definition) is 2. The van der Waals surface area contributed by atoms with Gasteiger partial charge in [-0.2, -0.15) is 0 Å². The van der Waals surface area contributed by atoms with Crippen molar-refractivity contribution in [3.05, 3.63) is 0 Å². The number of nitrogens with zero attached hydrogens (tertiary/aromatic N) is 1. The van der Waals surface area contributed by atoms with Gasteiger partial charge in [0, 0.05) is 19.6 Å². The lowest BCUT2D eigenvalue weighted by molar-refractivity contribution is -0.134. The Morgan fingerprint density at radius 2 is 2.00 bits per heavy atom. The van der Waals surface area contributed by atoms with Gasteiger partial charge >= 0.3 is 0 Å². The van der Waals surface area contributed by atoms with Gasteiger partial charge in [0.15, 0.2) is 0 Å². The van der Waals surface area contributed by atoms with Crippen LogP contribution in [0.25, 0.3) is 0 Å². The van der Waals surface area contributed by atoms with Crippen LogP contribution in [0.3, 0.4) is 0 Å². The fourth-order valence-corrected chi connectivity index (χ4v) is 3.14. The first kappa shape index (κ1) is 15.3. The molecule has 114 valence electrons. The second-order valence-corrected chi connectivity index (χ2v) is 7.06. The summed E-state index contributed by atoms with van der Waals surface area (Å²) in [5.74, 6) is 0.789. The topological polar surface area (TPSA) is 61.4 Å². The summed E-state index contributed by atoms with van der Waals surface area (Å²) in [5.41, 5.74) is 0.316. The summed E-state index contributed by atoms with van der Waals surface area (Å²) in [6.45, 7) is 9.20. The maximum absolute atomic E-state index is 12.5. The lowest BCUT2D eigenvalue weighted by atomic mass is 9.77. The molecular formula is C15H27N3O2. The summed E-state index contributed by atoms with van der Waals surface area (Å²) in [5, 5.41) is 5.78. The number of carbonyl (C=O) groups is 2. The van der Waals surface area contributed by atoms with Gasteiger partial charge in [-0.05, 0) is 30.6 Å². The lowest BCUT2D eigenvalue weighted by Crippen LogP contribution is -2.58. The van der Waals surface area contributed by atoms with Gasteiger partial charge in [-0.3, -0.25) is 14.9 Å². The van der Waals surface area contributed by atoms with Crippen LogP contribution in [0.5, 0.6) is 0 Å². The third-order valence-electron chi connectivity index (χ3n) is 4.57. The smallest absolute Gasteiger partial charge is 0.241 e. The number of likely N-dealkylation sites (tertiary alicyclic amines) is 1. The Kier molecular flexibility index (Phi) is 4.68. The molecule has 20 heavy (non-hydrogen) atoms. The lowest BCUT2D eigenvalue weighted by Gasteiger charge is -2.31. The molecule has 0 saturated carbocycles. The van der Waals surface area contributed by atoms with Crippen molar-refractivity contribution in [2.45, 2.75) is 46.1 Å². The molecule has 5 heteroatoms. The highest BCUT2D eigenvalue weighted by Gasteiger charge is 2.32. The SMILES string of the molecule is CC(C)(C)C1CCCN(C(=O)C2CNC(=O)CN2)CC1. The van der Waals surface area contributed by atoms with Crippen LogP contribution in [0.15, 0.2) is 0 Å². The molecule has 2 N–H and O–H groups in total. The van der Waals surface area contributed by atoms with Gasteiger partial charge in [-0.15, -0.1) is 0 Å². The minimum atomic E-state index is -0.251. The molecule has 2 heterocycles. The molecule has 0 aliphatic carbocycles. The molecule has 0 radical (unpaired) electrons. The predicted octanol–water partition coefficient (Wildman–Crippen LogP) is 0.749. The Labute approximate surface area is 121 Å². The van der Waals surface area contributed by atoms with Gasteiger partial charge in [0.05, 0.1) is 6.54 Å². The average Bonchev–Trinajstić information content (AvgIpc) is 2.64. The standard InChI is InChI=1S/C15H27N3O2/c1-15(2,3)11-5-4-7-18(8-6-11)14(20)12-9-17-13(19)10-16-12/h11-12,16H,4-10H2,1-3H3,(H,17,19). The zero-order chi connectivity index (χ0) is 14.8. The van der Waals surface area contributed by atoms with E-state index in [2.05, 4.69) is 31.4 Å². The molecule has 2 atom stereocenters. The van der Waals surface area contributed by atoms with Crippen molar-refractivity contribution in [2.24, 2.45) is 11.3 Å². The first-order chi connectivity index (χ1) is 9.38. The molecule has 0 bridgehead atoms. The van der Waals surface area contributed by atoms with Crippen LogP contribution in [0.1, 0.15) is 40.0 Å². The predicted molar refractivity (Wildman–Crippen MR) is 78.2 cm³/mol. The van der Waals surface area contributed by atoms with E-state index in [-0.39, 0.29) is 24.4 Å². The van der Waals surface area contributed by atoms with Crippen molar-refractivity contribution < 1.29 is 9.59 Å². The third kappa shape index (κ3) is 3.72. The summed E-state index contributed by atoms with van der Waals surface area (Å²) in [4.78, 5) is 25.6. The van der Waals surface area contributed by atoms with Crippen molar-refractivity contribution in [1.29, 1.82) is 0 Å². The molecule has 0 aromatic carbocycles. The fourth-order valence-electron chi connectivity index (χ4n) is 3.14. The Morgan fingerprint density at radius 1 is 1.25 bits per heavy atom. The highest BCUT2D eigenvalue weighted by molar-refractivity contribution is 5.86. The van der Waals surface area contributed by atoms with Crippen molar-refractivity contribution in [2.75, 3.05) is 26.2 Å². The molecule has 2 fully saturated rings. The van der Waals surface area contributed by atoms with E-state index in [0.29, 0.717) is 17.9 Å². The zero-order valence-corrected chi connectivity index (χ0v) is 12.9. The molecule has 2 aliphatic rings. The molecule has 2 rings (SSSR count). The second kappa shape index (κ2) is 6.12. The Bertz CT molecular complexity index is 366. The number of hydrogen-bond acceptors (Lipinski definition) is 3.